The van der Waals surface area contributed by atoms with Gasteiger partial charge in [0.2, 0.25) is 5.17 Å². The number of hydrogen-bond acceptors (Lipinski definition) is 7. The van der Waals surface area contributed by atoms with Crippen molar-refractivity contribution in [2.45, 2.75) is 26.7 Å². The number of amidine groups is 2. The number of rotatable bonds is 9. The number of carbonyl (C=O) groups excluding carboxylic acids is 1. The molecule has 2 aromatic carbocycles. The molecule has 8 nitrogen and oxygen atoms in total. The number of nitrogens with zero attached hydrogens (tertiary/aromatic N) is 3. The Morgan fingerprint density at radius 3 is 2.59 bits per heavy atom. The molecule has 2 heterocycles. The van der Waals surface area contributed by atoms with Crippen molar-refractivity contribution in [1.29, 1.82) is 5.41 Å². The van der Waals surface area contributed by atoms with E-state index in [0.717, 1.165) is 17.2 Å². The molecule has 2 aliphatic rings. The van der Waals surface area contributed by atoms with Crippen LogP contribution in [-0.4, -0.2) is 47.3 Å². The molecule has 0 atom stereocenters. The lowest BCUT2D eigenvalue weighted by atomic mass is 10.1. The Morgan fingerprint density at radius 1 is 1.09 bits per heavy atom. The minimum absolute atomic E-state index is 0.00276. The molecular formula is C25H26N4O4S. The second-order valence-electron chi connectivity index (χ2n) is 7.60. The zero-order chi connectivity index (χ0) is 24.1. The summed E-state index contributed by atoms with van der Waals surface area (Å²) in [4.78, 5) is 16.5. The third kappa shape index (κ3) is 5.31. The molecule has 0 radical (unpaired) electrons. The van der Waals surface area contributed by atoms with Crippen molar-refractivity contribution in [3.05, 3.63) is 59.2 Å². The van der Waals surface area contributed by atoms with Crippen LogP contribution in [0, 0.1) is 5.41 Å². The predicted molar refractivity (Wildman–Crippen MR) is 135 cm³/mol. The van der Waals surface area contributed by atoms with Gasteiger partial charge in [0.15, 0.2) is 17.3 Å². The van der Waals surface area contributed by atoms with E-state index in [0.29, 0.717) is 41.9 Å². The molecule has 0 aliphatic carbocycles. The molecule has 1 amide bonds. The highest BCUT2D eigenvalue weighted by Crippen LogP contribution is 2.31. The molecule has 0 saturated heterocycles. The Kier molecular flexibility index (Phi) is 7.32. The van der Waals surface area contributed by atoms with E-state index in [1.165, 1.54) is 22.3 Å². The van der Waals surface area contributed by atoms with E-state index in [1.54, 1.807) is 25.3 Å². The smallest absolute Gasteiger partial charge is 0.283 e. The van der Waals surface area contributed by atoms with Gasteiger partial charge in [-0.25, -0.2) is 0 Å². The van der Waals surface area contributed by atoms with Crippen LogP contribution >= 0.6 is 11.8 Å². The molecule has 0 spiro atoms. The number of nitrogens with one attached hydrogen (secondary N) is 1. The van der Waals surface area contributed by atoms with Gasteiger partial charge >= 0.3 is 0 Å². The van der Waals surface area contributed by atoms with E-state index in [1.807, 2.05) is 25.1 Å². The van der Waals surface area contributed by atoms with E-state index in [2.05, 4.69) is 29.2 Å². The number of fused-ring (bicyclic) bond motifs is 1. The fraction of sp³-hybridized carbons (Fsp3) is 0.280. The van der Waals surface area contributed by atoms with Gasteiger partial charge in [-0.05, 0) is 66.6 Å². The van der Waals surface area contributed by atoms with Crippen molar-refractivity contribution in [1.82, 2.24) is 5.01 Å². The highest BCUT2D eigenvalue weighted by molar-refractivity contribution is 8.26. The van der Waals surface area contributed by atoms with Gasteiger partial charge < -0.3 is 14.2 Å². The highest BCUT2D eigenvalue weighted by Gasteiger charge is 2.34. The fourth-order valence-corrected chi connectivity index (χ4v) is 4.13. The predicted octanol–water partition coefficient (Wildman–Crippen LogP) is 4.74. The molecule has 176 valence electrons. The lowest BCUT2D eigenvalue weighted by molar-refractivity contribution is -0.114. The van der Waals surface area contributed by atoms with Crippen LogP contribution in [0.5, 0.6) is 17.2 Å². The molecule has 1 N–H and O–H groups in total. The molecule has 9 heteroatoms. The normalized spacial score (nSPS) is 16.3. The van der Waals surface area contributed by atoms with Crippen LogP contribution in [0.2, 0.25) is 0 Å². The summed E-state index contributed by atoms with van der Waals surface area (Å²) in [7, 11) is 1.56. The topological polar surface area (TPSA) is 96.6 Å². The zero-order valence-corrected chi connectivity index (χ0v) is 20.1. The Morgan fingerprint density at radius 2 is 1.85 bits per heavy atom. The Bertz CT molecular complexity index is 1190. The third-order valence-electron chi connectivity index (χ3n) is 5.20. The Balaban J connectivity index is 1.36. The number of benzene rings is 2. The number of thioether (sulfide) groups is 1. The van der Waals surface area contributed by atoms with E-state index >= 15 is 0 Å². The maximum absolute atomic E-state index is 12.5. The SMILES string of the molecule is CCc1ccc(OCCCOc2ccc(/C=C3\C(=N)N4N=C(C)SC4=NC3=O)cc2OC)cc1. The second kappa shape index (κ2) is 10.6. The Hall–Kier alpha value is -3.59. The van der Waals surface area contributed by atoms with Crippen molar-refractivity contribution in [3.63, 3.8) is 0 Å². The lowest BCUT2D eigenvalue weighted by Gasteiger charge is -2.20. The summed E-state index contributed by atoms with van der Waals surface area (Å²) in [6.07, 6.45) is 3.33. The molecule has 0 bridgehead atoms. The van der Waals surface area contributed by atoms with E-state index < -0.39 is 5.91 Å². The number of carbonyl (C=O) groups is 1. The summed E-state index contributed by atoms with van der Waals surface area (Å²) in [6, 6.07) is 13.5. The average molecular weight is 479 g/mol. The minimum atomic E-state index is -0.461. The lowest BCUT2D eigenvalue weighted by Crippen LogP contribution is -2.35. The first kappa shape index (κ1) is 23.6. The van der Waals surface area contributed by atoms with Crippen molar-refractivity contribution >= 4 is 39.8 Å². The first-order valence-corrected chi connectivity index (χ1v) is 11.8. The van der Waals surface area contributed by atoms with Crippen LogP contribution in [0.4, 0.5) is 0 Å². The average Bonchev–Trinajstić information content (AvgIpc) is 3.22. The molecule has 0 fully saturated rings. The van der Waals surface area contributed by atoms with Crippen molar-refractivity contribution in [2.24, 2.45) is 10.1 Å². The third-order valence-corrected chi connectivity index (χ3v) is 6.02. The van der Waals surface area contributed by atoms with Gasteiger partial charge in [-0.2, -0.15) is 15.1 Å². The molecule has 34 heavy (non-hydrogen) atoms. The monoisotopic (exact) mass is 478 g/mol. The van der Waals surface area contributed by atoms with Gasteiger partial charge in [0.05, 0.1) is 30.9 Å². The minimum Gasteiger partial charge on any atom is -0.493 e. The molecule has 2 aromatic rings. The van der Waals surface area contributed by atoms with Crippen LogP contribution in [0.1, 0.15) is 31.4 Å². The standard InChI is InChI=1S/C25H26N4O4S/c1-4-17-6-9-19(10-7-17)32-12-5-13-33-21-11-8-18(15-22(21)31-3)14-20-23(26)29-25(27-24(20)30)34-16(2)28-29/h6-11,14-15,26H,4-5,12-13H2,1-3H3/b20-14+,26-23?. The van der Waals surface area contributed by atoms with E-state index in [-0.39, 0.29) is 11.4 Å². The first-order chi connectivity index (χ1) is 16.5. The Labute approximate surface area is 202 Å². The summed E-state index contributed by atoms with van der Waals surface area (Å²) in [5.41, 5.74) is 2.15. The first-order valence-electron chi connectivity index (χ1n) is 11.0. The number of hydrazone groups is 1. The summed E-state index contributed by atoms with van der Waals surface area (Å²) in [5.74, 6) is 1.52. The maximum atomic E-state index is 12.5. The van der Waals surface area contributed by atoms with Crippen LogP contribution in [0.3, 0.4) is 0 Å². The van der Waals surface area contributed by atoms with E-state index in [9.17, 15) is 4.79 Å². The molecule has 0 unspecified atom stereocenters. The van der Waals surface area contributed by atoms with Gasteiger partial charge in [0.1, 0.15) is 5.75 Å². The van der Waals surface area contributed by atoms with Crippen LogP contribution in [-0.2, 0) is 11.2 Å². The molecule has 0 saturated carbocycles. The molecular weight excluding hydrogens is 452 g/mol. The number of ether oxygens (including phenoxy) is 3. The second-order valence-corrected chi connectivity index (χ2v) is 8.76. The van der Waals surface area contributed by atoms with Gasteiger partial charge in [-0.3, -0.25) is 10.2 Å². The fourth-order valence-electron chi connectivity index (χ4n) is 3.40. The molecule has 0 aromatic heterocycles. The van der Waals surface area contributed by atoms with Crippen molar-refractivity contribution in [3.8, 4) is 17.2 Å². The summed E-state index contributed by atoms with van der Waals surface area (Å²) < 4.78 is 17.1. The number of aryl methyl sites for hydroxylation is 1. The van der Waals surface area contributed by atoms with Gasteiger partial charge in [-0.1, -0.05) is 25.1 Å². The van der Waals surface area contributed by atoms with Crippen LogP contribution < -0.4 is 14.2 Å². The van der Waals surface area contributed by atoms with Gasteiger partial charge in [-0.15, -0.1) is 0 Å². The number of aliphatic imine (C=N–C) groups is 1. The zero-order valence-electron chi connectivity index (χ0n) is 19.3. The number of hydrogen-bond donors (Lipinski definition) is 1. The number of amides is 1. The van der Waals surface area contributed by atoms with Crippen LogP contribution in [0.25, 0.3) is 6.08 Å². The molecule has 4 rings (SSSR count). The van der Waals surface area contributed by atoms with Gasteiger partial charge in [0.25, 0.3) is 5.91 Å². The summed E-state index contributed by atoms with van der Waals surface area (Å²) in [5, 5.41) is 15.1. The summed E-state index contributed by atoms with van der Waals surface area (Å²) >= 11 is 1.28. The van der Waals surface area contributed by atoms with E-state index in [4.69, 9.17) is 19.6 Å². The van der Waals surface area contributed by atoms with Gasteiger partial charge in [0, 0.05) is 6.42 Å². The highest BCUT2D eigenvalue weighted by atomic mass is 32.2. The number of methoxy groups -OCH3 is 1. The van der Waals surface area contributed by atoms with Crippen molar-refractivity contribution in [2.75, 3.05) is 20.3 Å². The maximum Gasteiger partial charge on any atom is 0.283 e. The largest absolute Gasteiger partial charge is 0.493 e. The summed E-state index contributed by atoms with van der Waals surface area (Å²) in [6.45, 7) is 4.94. The van der Waals surface area contributed by atoms with Crippen LogP contribution in [0.15, 0.2) is 58.1 Å². The molecule has 2 aliphatic heterocycles. The van der Waals surface area contributed by atoms with Crippen molar-refractivity contribution < 1.29 is 19.0 Å². The quantitative estimate of drug-likeness (QED) is 0.413.